The molecule has 0 radical (unpaired) electrons. The van der Waals surface area contributed by atoms with Gasteiger partial charge in [-0.25, -0.2) is 0 Å². The maximum Gasteiger partial charge on any atom is 0.118 e. The van der Waals surface area contributed by atoms with Crippen LogP contribution in [0.25, 0.3) is 0 Å². The van der Waals surface area contributed by atoms with E-state index >= 15 is 0 Å². The van der Waals surface area contributed by atoms with Gasteiger partial charge < -0.3 is 9.73 Å². The van der Waals surface area contributed by atoms with Crippen LogP contribution in [-0.4, -0.2) is 17.5 Å². The van der Waals surface area contributed by atoms with Crippen molar-refractivity contribution in [2.45, 2.75) is 45.4 Å². The van der Waals surface area contributed by atoms with Crippen molar-refractivity contribution >= 4 is 11.3 Å². The van der Waals surface area contributed by atoms with Gasteiger partial charge in [-0.1, -0.05) is 13.0 Å². The summed E-state index contributed by atoms with van der Waals surface area (Å²) in [4.78, 5) is 3.98. The zero-order chi connectivity index (χ0) is 13.8. The smallest absolute Gasteiger partial charge is 0.118 e. The summed E-state index contributed by atoms with van der Waals surface area (Å²) in [7, 11) is 0. The summed E-state index contributed by atoms with van der Waals surface area (Å²) in [5, 5.41) is 5.45. The summed E-state index contributed by atoms with van der Waals surface area (Å²) in [6.45, 7) is 5.88. The molecule has 0 bridgehead atoms. The van der Waals surface area contributed by atoms with Crippen LogP contribution >= 0.6 is 11.3 Å². The maximum absolute atomic E-state index is 5.91. The Hall–Kier alpha value is -1.10. The fraction of sp³-hybridized carbons (Fsp3) is 0.500. The van der Waals surface area contributed by atoms with E-state index in [2.05, 4.69) is 46.8 Å². The number of nitrogens with one attached hydrogen (secondary N) is 1. The summed E-state index contributed by atoms with van der Waals surface area (Å²) >= 11 is 1.84. The summed E-state index contributed by atoms with van der Waals surface area (Å²) in [5.41, 5.74) is 0. The number of furan rings is 1. The van der Waals surface area contributed by atoms with E-state index in [4.69, 9.17) is 4.42 Å². The van der Waals surface area contributed by atoms with Crippen molar-refractivity contribution in [2.24, 2.45) is 0 Å². The number of nitrogens with zero attached hydrogens (tertiary/aromatic N) is 1. The van der Waals surface area contributed by atoms with E-state index in [0.29, 0.717) is 0 Å². The minimum absolute atomic E-state index is 0.749. The number of hydrogen-bond donors (Lipinski definition) is 1. The Bertz CT molecular complexity index is 516. The van der Waals surface area contributed by atoms with Gasteiger partial charge in [-0.2, -0.15) is 0 Å². The Morgan fingerprint density at radius 2 is 2.10 bits per heavy atom. The van der Waals surface area contributed by atoms with Crippen LogP contribution < -0.4 is 5.32 Å². The predicted octanol–water partition coefficient (Wildman–Crippen LogP) is 3.62. The van der Waals surface area contributed by atoms with Crippen LogP contribution in [0.1, 0.15) is 36.2 Å². The highest BCUT2D eigenvalue weighted by Crippen LogP contribution is 2.30. The van der Waals surface area contributed by atoms with Gasteiger partial charge in [0.15, 0.2) is 0 Å². The maximum atomic E-state index is 5.91. The molecule has 4 heteroatoms. The molecular formula is C16H22N2OS. The van der Waals surface area contributed by atoms with Gasteiger partial charge >= 0.3 is 0 Å². The van der Waals surface area contributed by atoms with Crippen LogP contribution in [0, 0.1) is 0 Å². The molecule has 0 aromatic carbocycles. The third-order valence-corrected chi connectivity index (χ3v) is 4.49. The van der Waals surface area contributed by atoms with Crippen molar-refractivity contribution in [1.29, 1.82) is 0 Å². The predicted molar refractivity (Wildman–Crippen MR) is 82.7 cm³/mol. The molecule has 3 rings (SSSR count). The van der Waals surface area contributed by atoms with E-state index in [-0.39, 0.29) is 0 Å². The average molecular weight is 290 g/mol. The molecule has 1 fully saturated rings. The fourth-order valence-corrected chi connectivity index (χ4v) is 3.14. The molecule has 1 aliphatic rings. The summed E-state index contributed by atoms with van der Waals surface area (Å²) < 4.78 is 5.91. The molecule has 0 saturated heterocycles. The molecule has 3 nitrogen and oxygen atoms in total. The molecule has 108 valence electrons. The molecule has 0 amide bonds. The molecule has 0 atom stereocenters. The zero-order valence-electron chi connectivity index (χ0n) is 12.0. The van der Waals surface area contributed by atoms with Crippen molar-refractivity contribution in [3.63, 3.8) is 0 Å². The summed E-state index contributed by atoms with van der Waals surface area (Å²) in [5.74, 6) is 2.12. The Balaban J connectivity index is 1.59. The van der Waals surface area contributed by atoms with Crippen molar-refractivity contribution in [1.82, 2.24) is 10.2 Å². The quantitative estimate of drug-likeness (QED) is 0.805. The van der Waals surface area contributed by atoms with Crippen LogP contribution in [0.4, 0.5) is 0 Å². The minimum atomic E-state index is 0.749. The Morgan fingerprint density at radius 1 is 1.25 bits per heavy atom. The molecule has 2 heterocycles. The van der Waals surface area contributed by atoms with Gasteiger partial charge in [0, 0.05) is 17.5 Å². The summed E-state index contributed by atoms with van der Waals surface area (Å²) in [6.07, 6.45) is 2.66. The van der Waals surface area contributed by atoms with Gasteiger partial charge in [0.25, 0.3) is 0 Å². The number of hydrogen-bond acceptors (Lipinski definition) is 4. The molecule has 20 heavy (non-hydrogen) atoms. The van der Waals surface area contributed by atoms with Crippen LogP contribution in [0.15, 0.2) is 34.1 Å². The van der Waals surface area contributed by atoms with Crippen LogP contribution in [0.2, 0.25) is 0 Å². The molecule has 1 aliphatic carbocycles. The first-order valence-electron chi connectivity index (χ1n) is 7.40. The van der Waals surface area contributed by atoms with Gasteiger partial charge in [-0.15, -0.1) is 11.3 Å². The third kappa shape index (κ3) is 3.72. The SMILES string of the molecule is CCNCc1ccc(CN(Cc2cccs2)C2CC2)o1. The monoisotopic (exact) mass is 290 g/mol. The minimum Gasteiger partial charge on any atom is -0.463 e. The van der Waals surface area contributed by atoms with Crippen molar-refractivity contribution in [3.05, 3.63) is 46.0 Å². The second-order valence-corrected chi connectivity index (χ2v) is 6.40. The Labute approximate surface area is 124 Å². The van der Waals surface area contributed by atoms with E-state index in [1.165, 1.54) is 17.7 Å². The topological polar surface area (TPSA) is 28.4 Å². The lowest BCUT2D eigenvalue weighted by Gasteiger charge is -2.19. The number of rotatable bonds is 8. The van der Waals surface area contributed by atoms with Gasteiger partial charge in [-0.05, 0) is 43.0 Å². The lowest BCUT2D eigenvalue weighted by molar-refractivity contribution is 0.224. The highest BCUT2D eigenvalue weighted by Gasteiger charge is 2.29. The molecular weight excluding hydrogens is 268 g/mol. The van der Waals surface area contributed by atoms with E-state index in [1.54, 1.807) is 0 Å². The fourth-order valence-electron chi connectivity index (χ4n) is 2.41. The van der Waals surface area contributed by atoms with Crippen molar-refractivity contribution in [3.8, 4) is 0 Å². The van der Waals surface area contributed by atoms with Crippen LogP contribution in [0.5, 0.6) is 0 Å². The highest BCUT2D eigenvalue weighted by molar-refractivity contribution is 7.09. The average Bonchev–Trinajstić information content (AvgIpc) is 3.00. The van der Waals surface area contributed by atoms with Crippen LogP contribution in [-0.2, 0) is 19.6 Å². The molecule has 1 N–H and O–H groups in total. The molecule has 2 aromatic rings. The lowest BCUT2D eigenvalue weighted by Crippen LogP contribution is -2.24. The highest BCUT2D eigenvalue weighted by atomic mass is 32.1. The van der Waals surface area contributed by atoms with E-state index in [1.807, 2.05) is 11.3 Å². The van der Waals surface area contributed by atoms with Crippen molar-refractivity contribution in [2.75, 3.05) is 6.54 Å². The van der Waals surface area contributed by atoms with Gasteiger partial charge in [-0.3, -0.25) is 4.90 Å². The van der Waals surface area contributed by atoms with Crippen molar-refractivity contribution < 1.29 is 4.42 Å². The zero-order valence-corrected chi connectivity index (χ0v) is 12.8. The largest absolute Gasteiger partial charge is 0.463 e. The Kier molecular flexibility index (Phi) is 4.55. The lowest BCUT2D eigenvalue weighted by atomic mass is 10.3. The summed E-state index contributed by atoms with van der Waals surface area (Å²) in [6, 6.07) is 9.31. The van der Waals surface area contributed by atoms with E-state index in [0.717, 1.165) is 43.7 Å². The normalized spacial score (nSPS) is 15.1. The first-order chi connectivity index (χ1) is 9.85. The molecule has 1 saturated carbocycles. The van der Waals surface area contributed by atoms with E-state index in [9.17, 15) is 0 Å². The van der Waals surface area contributed by atoms with Gasteiger partial charge in [0.2, 0.25) is 0 Å². The van der Waals surface area contributed by atoms with Gasteiger partial charge in [0.1, 0.15) is 11.5 Å². The second-order valence-electron chi connectivity index (χ2n) is 5.36. The molecule has 0 spiro atoms. The second kappa shape index (κ2) is 6.57. The standard InChI is InChI=1S/C16H22N2OS/c1-2-17-10-14-7-8-15(19-14)11-18(13-5-6-13)12-16-4-3-9-20-16/h3-4,7-9,13,17H,2,5-6,10-12H2,1H3. The number of thiophene rings is 1. The van der Waals surface area contributed by atoms with Gasteiger partial charge in [0.05, 0.1) is 13.1 Å². The first-order valence-corrected chi connectivity index (χ1v) is 8.28. The molecule has 0 aliphatic heterocycles. The molecule has 2 aromatic heterocycles. The molecule has 0 unspecified atom stereocenters. The Morgan fingerprint density at radius 3 is 2.80 bits per heavy atom. The van der Waals surface area contributed by atoms with E-state index < -0.39 is 0 Å². The third-order valence-electron chi connectivity index (χ3n) is 3.63. The van der Waals surface area contributed by atoms with Crippen LogP contribution in [0.3, 0.4) is 0 Å². The first kappa shape index (κ1) is 13.9.